The lowest BCUT2D eigenvalue weighted by atomic mass is 9.77. The number of hydrogen-bond acceptors (Lipinski definition) is 7. The highest BCUT2D eigenvalue weighted by molar-refractivity contribution is 7.14. The van der Waals surface area contributed by atoms with Crippen LogP contribution in [-0.2, 0) is 19.9 Å². The fraction of sp³-hybridized carbons (Fsp3) is 0.138. The summed E-state index contributed by atoms with van der Waals surface area (Å²) in [4.78, 5) is 22.5. The zero-order valence-corrected chi connectivity index (χ0v) is 22.8. The molecule has 0 amide bonds. The summed E-state index contributed by atoms with van der Waals surface area (Å²) in [7, 11) is 0. The summed E-state index contributed by atoms with van der Waals surface area (Å²) in [5, 5.41) is 9.24. The molecule has 194 valence electrons. The first-order chi connectivity index (χ1) is 18.0. The molecule has 1 aliphatic rings. The van der Waals surface area contributed by atoms with Gasteiger partial charge >= 0.3 is 0 Å². The second kappa shape index (κ2) is 11.8. The van der Waals surface area contributed by atoms with Gasteiger partial charge < -0.3 is 14.9 Å². The van der Waals surface area contributed by atoms with Gasteiger partial charge in [-0.15, -0.1) is 23.7 Å². The number of anilines is 1. The molecule has 5 rings (SSSR count). The van der Waals surface area contributed by atoms with Crippen molar-refractivity contribution in [2.75, 3.05) is 5.32 Å². The lowest BCUT2D eigenvalue weighted by Crippen LogP contribution is -2.38. The van der Waals surface area contributed by atoms with Gasteiger partial charge in [0.15, 0.2) is 10.8 Å². The minimum Gasteiger partial charge on any atom is -0.458 e. The number of thiazole rings is 1. The number of halogens is 2. The first-order valence-corrected chi connectivity index (χ1v) is 13.0. The Morgan fingerprint density at radius 1 is 1.00 bits per heavy atom. The Labute approximate surface area is 236 Å². The molecular formula is C29H25Cl2N3O3S. The molecule has 1 unspecified atom stereocenters. The number of carbonyl (C=O) groups excluding carboxylic acids is 1. The molecule has 1 atom stereocenters. The monoisotopic (exact) mass is 565 g/mol. The zero-order valence-electron chi connectivity index (χ0n) is 20.4. The predicted molar refractivity (Wildman–Crippen MR) is 154 cm³/mol. The van der Waals surface area contributed by atoms with E-state index < -0.39 is 16.6 Å². The molecule has 0 saturated carbocycles. The van der Waals surface area contributed by atoms with Crippen LogP contribution in [0.25, 0.3) is 0 Å². The lowest BCUT2D eigenvalue weighted by molar-refractivity contribution is -0.181. The van der Waals surface area contributed by atoms with Gasteiger partial charge in [0.05, 0.1) is 6.26 Å². The summed E-state index contributed by atoms with van der Waals surface area (Å²) in [6.07, 6.45) is 3.86. The molecule has 9 heteroatoms. The fourth-order valence-corrected chi connectivity index (χ4v) is 5.15. The Balaban J connectivity index is 0.00000336. The largest absolute Gasteiger partial charge is 0.458 e. The van der Waals surface area contributed by atoms with E-state index in [2.05, 4.69) is 46.9 Å². The van der Waals surface area contributed by atoms with Crippen LogP contribution in [0.1, 0.15) is 35.7 Å². The van der Waals surface area contributed by atoms with Gasteiger partial charge in [0.2, 0.25) is 0 Å². The van der Waals surface area contributed by atoms with E-state index in [9.17, 15) is 4.79 Å². The number of nitrogens with zero attached hydrogens (tertiary/aromatic N) is 2. The maximum atomic E-state index is 12.3. The van der Waals surface area contributed by atoms with Crippen LogP contribution in [0.3, 0.4) is 0 Å². The van der Waals surface area contributed by atoms with Crippen molar-refractivity contribution in [2.24, 2.45) is 5.16 Å². The van der Waals surface area contributed by atoms with Crippen LogP contribution in [0.5, 0.6) is 0 Å². The van der Waals surface area contributed by atoms with E-state index >= 15 is 0 Å². The molecular weight excluding hydrogens is 541 g/mol. The van der Waals surface area contributed by atoms with Gasteiger partial charge in [0.25, 0.3) is 11.0 Å². The minimum absolute atomic E-state index is 0. The summed E-state index contributed by atoms with van der Waals surface area (Å²) >= 11 is 7.23. The number of aromatic nitrogens is 1. The first kappa shape index (κ1) is 27.4. The number of carbonyl (C=O) groups is 1. The number of rotatable bonds is 9. The molecule has 6 nitrogen and oxygen atoms in total. The van der Waals surface area contributed by atoms with Gasteiger partial charge in [-0.05, 0) is 34.4 Å². The maximum Gasteiger partial charge on any atom is 0.276 e. The Hall–Kier alpha value is -3.65. The van der Waals surface area contributed by atoms with E-state index in [1.807, 2.05) is 60.7 Å². The topological polar surface area (TPSA) is 72.8 Å². The third kappa shape index (κ3) is 5.60. The summed E-state index contributed by atoms with van der Waals surface area (Å²) in [6.45, 7) is 1.73. The summed E-state index contributed by atoms with van der Waals surface area (Å²) < 4.78 is 5.43. The number of benzene rings is 3. The van der Waals surface area contributed by atoms with E-state index in [1.54, 1.807) is 18.6 Å². The van der Waals surface area contributed by atoms with Gasteiger partial charge in [-0.25, -0.2) is 4.98 Å². The van der Waals surface area contributed by atoms with Crippen molar-refractivity contribution >= 4 is 51.4 Å². The highest BCUT2D eigenvalue weighted by Crippen LogP contribution is 2.40. The predicted octanol–water partition coefficient (Wildman–Crippen LogP) is 7.11. The molecule has 38 heavy (non-hydrogen) atoms. The normalized spacial score (nSPS) is 16.8. The lowest BCUT2D eigenvalue weighted by Gasteiger charge is -2.36. The molecule has 0 bridgehead atoms. The van der Waals surface area contributed by atoms with E-state index in [0.29, 0.717) is 17.2 Å². The second-order valence-corrected chi connectivity index (χ2v) is 9.84. The standard InChI is InChI=1S/C29H24ClN3O3S.ClH/c1-28(18-11-19-35-28)36-33-25(26(30)34)24-20-37-27(31-24)32-29(21-12-5-2-6-13-21,22-14-7-3-8-15-22)23-16-9-4-10-17-23;/h2-17,19-20H,18H2,1H3,(H,31,32);1H. The van der Waals surface area contributed by atoms with E-state index in [1.165, 1.54) is 11.3 Å². The summed E-state index contributed by atoms with van der Waals surface area (Å²) in [6, 6.07) is 30.6. The highest BCUT2D eigenvalue weighted by Gasteiger charge is 2.37. The van der Waals surface area contributed by atoms with Gasteiger partial charge in [-0.3, -0.25) is 4.79 Å². The molecule has 0 saturated heterocycles. The van der Waals surface area contributed by atoms with Gasteiger partial charge in [-0.1, -0.05) is 96.2 Å². The minimum atomic E-state index is -0.988. The quantitative estimate of drug-likeness (QED) is 0.101. The Morgan fingerprint density at radius 2 is 1.53 bits per heavy atom. The van der Waals surface area contributed by atoms with Gasteiger partial charge in [0, 0.05) is 18.7 Å². The maximum absolute atomic E-state index is 12.3. The molecule has 2 heterocycles. The summed E-state index contributed by atoms with van der Waals surface area (Å²) in [5.41, 5.74) is 2.57. The molecule has 4 aromatic rings. The number of oxime groups is 1. The summed E-state index contributed by atoms with van der Waals surface area (Å²) in [5.74, 6) is -0.988. The van der Waals surface area contributed by atoms with Gasteiger partial charge in [-0.2, -0.15) is 0 Å². The molecule has 0 radical (unpaired) electrons. The fourth-order valence-electron chi connectivity index (χ4n) is 4.27. The molecule has 0 aliphatic carbocycles. The van der Waals surface area contributed by atoms with Crippen LogP contribution >= 0.6 is 35.3 Å². The van der Waals surface area contributed by atoms with Crippen LogP contribution in [0, 0.1) is 0 Å². The van der Waals surface area contributed by atoms with Crippen molar-refractivity contribution in [1.29, 1.82) is 0 Å². The van der Waals surface area contributed by atoms with Crippen LogP contribution in [-0.4, -0.2) is 21.7 Å². The van der Waals surface area contributed by atoms with E-state index in [0.717, 1.165) is 16.7 Å². The van der Waals surface area contributed by atoms with Crippen molar-refractivity contribution in [3.63, 3.8) is 0 Å². The third-order valence-corrected chi connectivity index (χ3v) is 7.02. The molecule has 1 aliphatic heterocycles. The van der Waals surface area contributed by atoms with E-state index in [4.69, 9.17) is 26.2 Å². The highest BCUT2D eigenvalue weighted by atomic mass is 35.5. The molecule has 1 aromatic heterocycles. The Morgan fingerprint density at radius 3 is 1.97 bits per heavy atom. The van der Waals surface area contributed by atoms with Crippen molar-refractivity contribution in [1.82, 2.24) is 4.98 Å². The number of nitrogens with one attached hydrogen (secondary N) is 1. The van der Waals surface area contributed by atoms with Crippen molar-refractivity contribution < 1.29 is 14.4 Å². The van der Waals surface area contributed by atoms with Gasteiger partial charge in [0.1, 0.15) is 11.2 Å². The molecule has 0 fully saturated rings. The Bertz CT molecular complexity index is 1320. The molecule has 3 aromatic carbocycles. The number of hydrogen-bond donors (Lipinski definition) is 1. The third-order valence-electron chi connectivity index (χ3n) is 6.08. The first-order valence-electron chi connectivity index (χ1n) is 11.7. The SMILES string of the molecule is CC1(ON=C(C(=O)Cl)c2csc(NC(c3ccccc3)(c3ccccc3)c3ccccc3)n2)CC=CO1.Cl. The van der Waals surface area contributed by atoms with Crippen LogP contribution in [0.2, 0.25) is 0 Å². The smallest absolute Gasteiger partial charge is 0.276 e. The van der Waals surface area contributed by atoms with Crippen molar-refractivity contribution in [3.05, 3.63) is 131 Å². The molecule has 1 N–H and O–H groups in total. The Kier molecular flexibility index (Phi) is 8.52. The zero-order chi connectivity index (χ0) is 25.7. The second-order valence-electron chi connectivity index (χ2n) is 8.64. The average molecular weight is 567 g/mol. The van der Waals surface area contributed by atoms with Crippen LogP contribution in [0.4, 0.5) is 5.13 Å². The van der Waals surface area contributed by atoms with E-state index in [-0.39, 0.29) is 18.1 Å². The van der Waals surface area contributed by atoms with Crippen LogP contribution in [0.15, 0.2) is 114 Å². The van der Waals surface area contributed by atoms with Crippen LogP contribution < -0.4 is 5.32 Å². The number of ether oxygens (including phenoxy) is 1. The average Bonchev–Trinajstić information content (AvgIpc) is 3.58. The van der Waals surface area contributed by atoms with Crippen molar-refractivity contribution in [2.45, 2.75) is 24.7 Å². The molecule has 0 spiro atoms. The van der Waals surface area contributed by atoms with Crippen molar-refractivity contribution in [3.8, 4) is 0 Å².